The second kappa shape index (κ2) is 5.40. The zero-order chi connectivity index (χ0) is 14.2. The van der Waals surface area contributed by atoms with E-state index in [0.29, 0.717) is 5.13 Å². The molecule has 4 rings (SSSR count). The van der Waals surface area contributed by atoms with Gasteiger partial charge in [0.05, 0.1) is 4.70 Å². The Morgan fingerprint density at radius 2 is 1.90 bits per heavy atom. The molecule has 0 fully saturated rings. The number of aromatic nitrogens is 1. The predicted molar refractivity (Wildman–Crippen MR) is 91.0 cm³/mol. The van der Waals surface area contributed by atoms with Gasteiger partial charge < -0.3 is 5.73 Å². The van der Waals surface area contributed by atoms with Crippen molar-refractivity contribution in [1.29, 1.82) is 0 Å². The number of hydrogen-bond acceptors (Lipinski definition) is 5. The fourth-order valence-electron chi connectivity index (χ4n) is 2.98. The molecule has 0 aliphatic carbocycles. The summed E-state index contributed by atoms with van der Waals surface area (Å²) in [6, 6.07) is 10.7. The fourth-order valence-corrected chi connectivity index (χ4v) is 5.30. The van der Waals surface area contributed by atoms with E-state index < -0.39 is 0 Å². The van der Waals surface area contributed by atoms with Crippen LogP contribution >= 0.6 is 22.7 Å². The van der Waals surface area contributed by atoms with Crippen LogP contribution in [0.15, 0.2) is 30.3 Å². The first-order valence-corrected chi connectivity index (χ1v) is 8.86. The third kappa shape index (κ3) is 2.57. The van der Waals surface area contributed by atoms with Crippen molar-refractivity contribution in [1.82, 2.24) is 9.88 Å². The van der Waals surface area contributed by atoms with Gasteiger partial charge in [0.25, 0.3) is 0 Å². The van der Waals surface area contributed by atoms with Crippen molar-refractivity contribution < 1.29 is 0 Å². The van der Waals surface area contributed by atoms with Gasteiger partial charge in [0.1, 0.15) is 4.83 Å². The Hall–Kier alpha value is -1.43. The van der Waals surface area contributed by atoms with Gasteiger partial charge in [-0.2, -0.15) is 0 Å². The van der Waals surface area contributed by atoms with Gasteiger partial charge in [-0.15, -0.1) is 11.3 Å². The van der Waals surface area contributed by atoms with E-state index in [-0.39, 0.29) is 0 Å². The Morgan fingerprint density at radius 3 is 2.76 bits per heavy atom. The molecule has 0 saturated carbocycles. The van der Waals surface area contributed by atoms with Crippen molar-refractivity contribution in [3.8, 4) is 0 Å². The Morgan fingerprint density at radius 1 is 1.10 bits per heavy atom. The summed E-state index contributed by atoms with van der Waals surface area (Å²) in [5, 5.41) is 0.699. The number of rotatable bonds is 2. The molecule has 3 aromatic rings. The molecular weight excluding hydrogens is 298 g/mol. The Bertz CT molecular complexity index is 761. The second-order valence-corrected chi connectivity index (χ2v) is 7.57. The van der Waals surface area contributed by atoms with Crippen molar-refractivity contribution in [2.24, 2.45) is 0 Å². The molecule has 1 aromatic carbocycles. The van der Waals surface area contributed by atoms with Gasteiger partial charge >= 0.3 is 0 Å². The highest BCUT2D eigenvalue weighted by molar-refractivity contribution is 7.29. The molecule has 0 bridgehead atoms. The van der Waals surface area contributed by atoms with E-state index in [0.717, 1.165) is 37.3 Å². The lowest BCUT2D eigenvalue weighted by Gasteiger charge is -2.19. The number of thiophene rings is 1. The Kier molecular flexibility index (Phi) is 3.41. The lowest BCUT2D eigenvalue weighted by Crippen LogP contribution is -2.25. The number of nitrogens with two attached hydrogens (primary N) is 1. The van der Waals surface area contributed by atoms with Gasteiger partial charge in [-0.05, 0) is 24.0 Å². The summed E-state index contributed by atoms with van der Waals surface area (Å²) in [5.41, 5.74) is 8.74. The van der Waals surface area contributed by atoms with Crippen LogP contribution in [0.25, 0.3) is 9.53 Å². The van der Waals surface area contributed by atoms with E-state index in [2.05, 4.69) is 40.2 Å². The van der Waals surface area contributed by atoms with E-state index >= 15 is 0 Å². The smallest absolute Gasteiger partial charge is 0.181 e. The molecule has 5 heteroatoms. The van der Waals surface area contributed by atoms with Crippen molar-refractivity contribution in [2.45, 2.75) is 19.4 Å². The van der Waals surface area contributed by atoms with Crippen LogP contribution in [-0.2, 0) is 19.4 Å². The van der Waals surface area contributed by atoms with E-state index in [1.54, 1.807) is 11.3 Å². The number of hydrogen-bond donors (Lipinski definition) is 1. The molecule has 0 saturated heterocycles. The topological polar surface area (TPSA) is 42.1 Å². The van der Waals surface area contributed by atoms with Gasteiger partial charge in [-0.25, -0.2) is 4.98 Å². The molecule has 0 atom stereocenters. The van der Waals surface area contributed by atoms with Crippen molar-refractivity contribution in [3.05, 3.63) is 46.3 Å². The number of nitrogens with zero attached hydrogens (tertiary/aromatic N) is 2. The highest BCUT2D eigenvalue weighted by Crippen LogP contribution is 2.38. The third-order valence-electron chi connectivity index (χ3n) is 4.03. The first-order valence-electron chi connectivity index (χ1n) is 7.22. The average molecular weight is 315 g/mol. The normalized spacial score (nSPS) is 16.0. The number of anilines is 1. The average Bonchev–Trinajstić information content (AvgIpc) is 2.92. The lowest BCUT2D eigenvalue weighted by atomic mass is 10.2. The summed E-state index contributed by atoms with van der Waals surface area (Å²) in [5.74, 6) is 0. The summed E-state index contributed by atoms with van der Waals surface area (Å²) in [7, 11) is 0. The minimum Gasteiger partial charge on any atom is -0.375 e. The van der Waals surface area contributed by atoms with Crippen molar-refractivity contribution >= 4 is 37.3 Å². The first kappa shape index (κ1) is 13.2. The van der Waals surface area contributed by atoms with Crippen LogP contribution in [0.1, 0.15) is 16.0 Å². The van der Waals surface area contributed by atoms with Crippen LogP contribution in [0, 0.1) is 0 Å². The second-order valence-electron chi connectivity index (χ2n) is 5.45. The first-order chi connectivity index (χ1) is 10.3. The van der Waals surface area contributed by atoms with Crippen LogP contribution in [-0.4, -0.2) is 23.0 Å². The Balaban J connectivity index is 1.54. The van der Waals surface area contributed by atoms with Gasteiger partial charge in [-0.3, -0.25) is 4.90 Å². The zero-order valence-corrected chi connectivity index (χ0v) is 13.3. The largest absolute Gasteiger partial charge is 0.375 e. The number of thiazole rings is 1. The molecule has 1 aliphatic heterocycles. The number of fused-ring (bicyclic) bond motifs is 3. The molecule has 3 heterocycles. The molecule has 0 amide bonds. The molecule has 2 N–H and O–H groups in total. The minimum absolute atomic E-state index is 0.699. The SMILES string of the molecule is Nc1nc2sc3c(c2s1)CCN(Cc1ccccc1)CC3. The van der Waals surface area contributed by atoms with E-state index in [4.69, 9.17) is 5.73 Å². The van der Waals surface area contributed by atoms with Gasteiger partial charge in [0, 0.05) is 24.5 Å². The standard InChI is InChI=1S/C16H17N3S2/c17-16-18-15-14(21-16)12-6-8-19(9-7-13(12)20-15)10-11-4-2-1-3-5-11/h1-5H,6-10H2,(H2,17,18). The van der Waals surface area contributed by atoms with Gasteiger partial charge in [0.15, 0.2) is 5.13 Å². The monoisotopic (exact) mass is 315 g/mol. The number of benzene rings is 1. The van der Waals surface area contributed by atoms with Crippen LogP contribution in [0.3, 0.4) is 0 Å². The minimum atomic E-state index is 0.699. The maximum Gasteiger partial charge on any atom is 0.181 e. The highest BCUT2D eigenvalue weighted by Gasteiger charge is 2.20. The Labute approximate surface area is 132 Å². The summed E-state index contributed by atoms with van der Waals surface area (Å²) in [4.78, 5) is 9.64. The quantitative estimate of drug-likeness (QED) is 0.786. The highest BCUT2D eigenvalue weighted by atomic mass is 32.1. The molecule has 108 valence electrons. The maximum absolute atomic E-state index is 5.84. The van der Waals surface area contributed by atoms with Gasteiger partial charge in [-0.1, -0.05) is 41.7 Å². The molecule has 1 aliphatic rings. The fraction of sp³-hybridized carbons (Fsp3) is 0.312. The molecule has 0 unspecified atom stereocenters. The van der Waals surface area contributed by atoms with E-state index in [9.17, 15) is 0 Å². The third-order valence-corrected chi connectivity index (χ3v) is 6.28. The summed E-state index contributed by atoms with van der Waals surface area (Å²) >= 11 is 3.48. The number of nitrogen functional groups attached to an aromatic ring is 1. The van der Waals surface area contributed by atoms with E-state index in [1.807, 2.05) is 11.3 Å². The van der Waals surface area contributed by atoms with Crippen molar-refractivity contribution in [2.75, 3.05) is 18.8 Å². The van der Waals surface area contributed by atoms with E-state index in [1.165, 1.54) is 20.7 Å². The maximum atomic E-state index is 5.84. The van der Waals surface area contributed by atoms with Crippen LogP contribution in [0.5, 0.6) is 0 Å². The molecule has 0 radical (unpaired) electrons. The van der Waals surface area contributed by atoms with Crippen LogP contribution in [0.4, 0.5) is 5.13 Å². The molecule has 2 aromatic heterocycles. The molecule has 21 heavy (non-hydrogen) atoms. The summed E-state index contributed by atoms with van der Waals surface area (Å²) in [6.07, 6.45) is 2.25. The van der Waals surface area contributed by atoms with Crippen LogP contribution in [0.2, 0.25) is 0 Å². The zero-order valence-electron chi connectivity index (χ0n) is 11.7. The molecule has 3 nitrogen and oxygen atoms in total. The van der Waals surface area contributed by atoms with Crippen LogP contribution < -0.4 is 5.73 Å². The predicted octanol–water partition coefficient (Wildman–Crippen LogP) is 3.54. The van der Waals surface area contributed by atoms with Gasteiger partial charge in [0.2, 0.25) is 0 Å². The summed E-state index contributed by atoms with van der Waals surface area (Å²) in [6.45, 7) is 3.29. The van der Waals surface area contributed by atoms with Crippen molar-refractivity contribution in [3.63, 3.8) is 0 Å². The molecule has 0 spiro atoms. The summed E-state index contributed by atoms with van der Waals surface area (Å²) < 4.78 is 1.33. The molecular formula is C16H17N3S2. The lowest BCUT2D eigenvalue weighted by molar-refractivity contribution is 0.279.